The molecule has 1 fully saturated rings. The van der Waals surface area contributed by atoms with E-state index < -0.39 is 0 Å². The van der Waals surface area contributed by atoms with E-state index in [0.29, 0.717) is 18.8 Å². The number of aromatic nitrogens is 4. The summed E-state index contributed by atoms with van der Waals surface area (Å²) >= 11 is 1.45. The topological polar surface area (TPSA) is 67.9 Å². The number of carbonyl (C=O) groups is 1. The highest BCUT2D eigenvalue weighted by molar-refractivity contribution is 7.99. The number of ether oxygens (including phenoxy) is 1. The first-order valence-corrected chi connectivity index (χ1v) is 11.8. The molecule has 0 bridgehead atoms. The maximum absolute atomic E-state index is 12.9. The number of carbonyl (C=O) groups excluding carboxylic acids is 1. The van der Waals surface area contributed by atoms with Gasteiger partial charge in [-0.25, -0.2) is 0 Å². The lowest BCUT2D eigenvalue weighted by Gasteiger charge is -2.36. The van der Waals surface area contributed by atoms with E-state index in [9.17, 15) is 4.79 Å². The molecule has 9 heteroatoms. The number of nitrogens with zero attached hydrogens (tertiary/aromatic N) is 6. The Bertz CT molecular complexity index is 1260. The summed E-state index contributed by atoms with van der Waals surface area (Å²) in [6.45, 7) is 5.88. The van der Waals surface area contributed by atoms with Gasteiger partial charge >= 0.3 is 0 Å². The monoisotopic (exact) mass is 450 g/mol. The Balaban J connectivity index is 1.26. The van der Waals surface area contributed by atoms with Crippen LogP contribution in [0.25, 0.3) is 16.8 Å². The number of piperazine rings is 1. The summed E-state index contributed by atoms with van der Waals surface area (Å²) in [6, 6.07) is 16.2. The van der Waals surface area contributed by atoms with Crippen molar-refractivity contribution in [1.29, 1.82) is 0 Å². The van der Waals surface area contributed by atoms with Crippen LogP contribution in [0.15, 0.2) is 53.7 Å². The number of benzene rings is 2. The molecule has 0 saturated carbocycles. The molecule has 2 aromatic heterocycles. The first-order valence-electron chi connectivity index (χ1n) is 10.8. The minimum absolute atomic E-state index is 0.130. The van der Waals surface area contributed by atoms with E-state index in [1.165, 1.54) is 11.8 Å². The van der Waals surface area contributed by atoms with Crippen molar-refractivity contribution in [3.8, 4) is 5.75 Å². The second-order valence-corrected chi connectivity index (χ2v) is 8.62. The van der Waals surface area contributed by atoms with Crippen LogP contribution in [0.5, 0.6) is 5.75 Å². The maximum atomic E-state index is 12.9. The molecule has 1 aliphatic rings. The van der Waals surface area contributed by atoms with Gasteiger partial charge in [-0.15, -0.1) is 10.2 Å². The molecule has 166 valence electrons. The van der Waals surface area contributed by atoms with Crippen molar-refractivity contribution >= 4 is 40.2 Å². The lowest BCUT2D eigenvalue weighted by molar-refractivity contribution is -0.128. The predicted octanol–water partition coefficient (Wildman–Crippen LogP) is 3.15. The molecule has 4 aromatic rings. The fraction of sp³-hybridized carbons (Fsp3) is 0.348. The molecule has 0 spiro atoms. The SMILES string of the molecule is CCn1c2ccccc2n2c(SCC(=O)N3CCN(c4ccccc4OC)CC3)nnc12. The summed E-state index contributed by atoms with van der Waals surface area (Å²) in [6.07, 6.45) is 0. The smallest absolute Gasteiger partial charge is 0.237 e. The Morgan fingerprint density at radius 2 is 1.72 bits per heavy atom. The molecular formula is C23H26N6O2S. The van der Waals surface area contributed by atoms with E-state index in [1.807, 2.05) is 35.2 Å². The van der Waals surface area contributed by atoms with Gasteiger partial charge in [-0.05, 0) is 31.2 Å². The number of rotatable bonds is 6. The third-order valence-corrected chi connectivity index (χ3v) is 6.88. The van der Waals surface area contributed by atoms with Gasteiger partial charge in [-0.1, -0.05) is 36.0 Å². The predicted molar refractivity (Wildman–Crippen MR) is 127 cm³/mol. The quantitative estimate of drug-likeness (QED) is 0.421. The Labute approximate surface area is 190 Å². The summed E-state index contributed by atoms with van der Waals surface area (Å²) in [4.78, 5) is 17.1. The molecule has 1 amide bonds. The third-order valence-electron chi connectivity index (χ3n) is 5.97. The number of aryl methyl sites for hydroxylation is 1. The number of para-hydroxylation sites is 4. The van der Waals surface area contributed by atoms with Gasteiger partial charge in [0.1, 0.15) is 5.75 Å². The molecule has 0 radical (unpaired) electrons. The minimum Gasteiger partial charge on any atom is -0.495 e. The molecule has 32 heavy (non-hydrogen) atoms. The van der Waals surface area contributed by atoms with E-state index in [4.69, 9.17) is 4.74 Å². The Kier molecular flexibility index (Phi) is 5.65. The molecule has 8 nitrogen and oxygen atoms in total. The summed E-state index contributed by atoms with van der Waals surface area (Å²) in [5.41, 5.74) is 3.27. The minimum atomic E-state index is 0.130. The third kappa shape index (κ3) is 3.56. The average molecular weight is 451 g/mol. The van der Waals surface area contributed by atoms with Crippen LogP contribution in [0.3, 0.4) is 0 Å². The molecule has 2 aromatic carbocycles. The number of anilines is 1. The molecule has 0 aliphatic carbocycles. The number of fused-ring (bicyclic) bond motifs is 3. The zero-order valence-electron chi connectivity index (χ0n) is 18.3. The standard InChI is InChI=1S/C23H26N6O2S/c1-3-28-17-8-4-5-9-18(17)29-22(28)24-25-23(29)32-16-21(30)27-14-12-26(13-15-27)19-10-6-7-11-20(19)31-2/h4-11H,3,12-16H2,1-2H3. The van der Waals surface area contributed by atoms with Crippen LogP contribution in [-0.2, 0) is 11.3 Å². The van der Waals surface area contributed by atoms with Crippen LogP contribution in [0.1, 0.15) is 6.92 Å². The average Bonchev–Trinajstić information content (AvgIpc) is 3.40. The second kappa shape index (κ2) is 8.74. The van der Waals surface area contributed by atoms with Gasteiger partial charge in [0.05, 0.1) is 29.6 Å². The van der Waals surface area contributed by atoms with Crippen molar-refractivity contribution in [3.05, 3.63) is 48.5 Å². The molecule has 0 N–H and O–H groups in total. The highest BCUT2D eigenvalue weighted by Crippen LogP contribution is 2.29. The molecule has 1 aliphatic heterocycles. The number of thioether (sulfide) groups is 1. The fourth-order valence-electron chi connectivity index (χ4n) is 4.35. The van der Waals surface area contributed by atoms with E-state index >= 15 is 0 Å². The largest absolute Gasteiger partial charge is 0.495 e. The zero-order chi connectivity index (χ0) is 22.1. The first-order chi connectivity index (χ1) is 15.7. The van der Waals surface area contributed by atoms with Crippen molar-refractivity contribution in [3.63, 3.8) is 0 Å². The first kappa shape index (κ1) is 20.7. The van der Waals surface area contributed by atoms with Crippen LogP contribution >= 0.6 is 11.8 Å². The van der Waals surface area contributed by atoms with Crippen LogP contribution < -0.4 is 9.64 Å². The van der Waals surface area contributed by atoms with Gasteiger partial charge in [0.25, 0.3) is 0 Å². The summed E-state index contributed by atoms with van der Waals surface area (Å²) in [5.74, 6) is 2.16. The highest BCUT2D eigenvalue weighted by Gasteiger charge is 2.24. The number of amides is 1. The number of hydrogen-bond acceptors (Lipinski definition) is 6. The summed E-state index contributed by atoms with van der Waals surface area (Å²) in [5, 5.41) is 9.51. The van der Waals surface area contributed by atoms with E-state index in [0.717, 1.165) is 53.0 Å². The second-order valence-electron chi connectivity index (χ2n) is 7.68. The Morgan fingerprint density at radius 3 is 2.47 bits per heavy atom. The van der Waals surface area contributed by atoms with E-state index in [2.05, 4.69) is 49.2 Å². The van der Waals surface area contributed by atoms with Crippen molar-refractivity contribution in [2.45, 2.75) is 18.6 Å². The van der Waals surface area contributed by atoms with Gasteiger partial charge in [-0.3, -0.25) is 9.20 Å². The van der Waals surface area contributed by atoms with E-state index in [1.54, 1.807) is 7.11 Å². The van der Waals surface area contributed by atoms with Crippen LogP contribution in [0, 0.1) is 0 Å². The van der Waals surface area contributed by atoms with Crippen molar-refractivity contribution < 1.29 is 9.53 Å². The molecule has 0 atom stereocenters. The summed E-state index contributed by atoms with van der Waals surface area (Å²) in [7, 11) is 1.69. The maximum Gasteiger partial charge on any atom is 0.237 e. The van der Waals surface area contributed by atoms with E-state index in [-0.39, 0.29) is 5.91 Å². The van der Waals surface area contributed by atoms with Gasteiger partial charge in [0.15, 0.2) is 5.16 Å². The Hall–Kier alpha value is -3.20. The van der Waals surface area contributed by atoms with Gasteiger partial charge in [-0.2, -0.15) is 0 Å². The highest BCUT2D eigenvalue weighted by atomic mass is 32.2. The van der Waals surface area contributed by atoms with Crippen LogP contribution in [0.2, 0.25) is 0 Å². The van der Waals surface area contributed by atoms with Gasteiger partial charge in [0, 0.05) is 32.7 Å². The molecule has 5 rings (SSSR count). The molecule has 3 heterocycles. The lowest BCUT2D eigenvalue weighted by atomic mass is 10.2. The zero-order valence-corrected chi connectivity index (χ0v) is 19.1. The summed E-state index contributed by atoms with van der Waals surface area (Å²) < 4.78 is 9.68. The fourth-order valence-corrected chi connectivity index (χ4v) is 5.19. The van der Waals surface area contributed by atoms with Gasteiger partial charge < -0.3 is 19.1 Å². The number of methoxy groups -OCH3 is 1. The van der Waals surface area contributed by atoms with Crippen LogP contribution in [0.4, 0.5) is 5.69 Å². The van der Waals surface area contributed by atoms with Crippen LogP contribution in [-0.4, -0.2) is 69.0 Å². The lowest BCUT2D eigenvalue weighted by Crippen LogP contribution is -2.49. The molecule has 1 saturated heterocycles. The van der Waals surface area contributed by atoms with Crippen molar-refractivity contribution in [1.82, 2.24) is 24.1 Å². The molecular weight excluding hydrogens is 424 g/mol. The van der Waals surface area contributed by atoms with Crippen molar-refractivity contribution in [2.24, 2.45) is 0 Å². The van der Waals surface area contributed by atoms with Gasteiger partial charge in [0.2, 0.25) is 11.7 Å². The normalized spacial score (nSPS) is 14.4. The Morgan fingerprint density at radius 1 is 1.00 bits per heavy atom. The molecule has 0 unspecified atom stereocenters. The number of hydrogen-bond donors (Lipinski definition) is 0. The number of imidazole rings is 1. The van der Waals surface area contributed by atoms with Crippen molar-refractivity contribution in [2.75, 3.05) is 43.9 Å².